The highest BCUT2D eigenvalue weighted by Gasteiger charge is 2.19. The summed E-state index contributed by atoms with van der Waals surface area (Å²) in [4.78, 5) is 24.8. The number of carbonyl (C=O) groups excluding carboxylic acids is 2. The molecule has 1 heterocycles. The topological polar surface area (TPSA) is 88.0 Å². The third-order valence-corrected chi connectivity index (χ3v) is 5.20. The first-order chi connectivity index (χ1) is 19.5. The van der Waals surface area contributed by atoms with Gasteiger partial charge in [-0.25, -0.2) is 0 Å². The van der Waals surface area contributed by atoms with Crippen molar-refractivity contribution in [2.24, 2.45) is 0 Å². The fourth-order valence-corrected chi connectivity index (χ4v) is 3.38. The third-order valence-electron chi connectivity index (χ3n) is 5.01. The zero-order chi connectivity index (χ0) is 30.8. The summed E-state index contributed by atoms with van der Waals surface area (Å²) in [5.41, 5.74) is 2.32. The summed E-state index contributed by atoms with van der Waals surface area (Å²) >= 11 is 9.90. The molecular weight excluding hydrogens is 553 g/mol. The molecule has 3 rings (SSSR count). The molecule has 2 aromatic rings. The highest BCUT2D eigenvalue weighted by Crippen LogP contribution is 2.36. The Morgan fingerprint density at radius 2 is 1.50 bits per heavy atom. The quantitative estimate of drug-likeness (QED) is 0.0702. The summed E-state index contributed by atoms with van der Waals surface area (Å²) in [7, 11) is 0. The maximum atomic E-state index is 11.8. The molecule has 0 saturated carbocycles. The van der Waals surface area contributed by atoms with Crippen molar-refractivity contribution in [3.63, 3.8) is 0 Å². The normalized spacial score (nSPS) is 12.4. The zero-order valence-corrected chi connectivity index (χ0v) is 26.6. The number of halogens is 2. The van der Waals surface area contributed by atoms with Crippen LogP contribution in [-0.2, 0) is 23.8 Å². The average Bonchev–Trinajstić information content (AvgIpc) is 3.03. The molecule has 2 aromatic carbocycles. The van der Waals surface area contributed by atoms with E-state index in [1.165, 1.54) is 6.38 Å². The van der Waals surface area contributed by atoms with Gasteiger partial charge in [0.2, 0.25) is 12.0 Å². The molecular formula is C31H48Cl2NO6+. The van der Waals surface area contributed by atoms with Crippen LogP contribution in [0.2, 0.25) is 0 Å². The Morgan fingerprint density at radius 1 is 0.900 bits per heavy atom. The summed E-state index contributed by atoms with van der Waals surface area (Å²) in [6, 6.07) is 15.3. The van der Waals surface area contributed by atoms with E-state index in [1.54, 1.807) is 0 Å². The van der Waals surface area contributed by atoms with Crippen LogP contribution in [0, 0.1) is 0 Å². The number of alkyl halides is 1. The van der Waals surface area contributed by atoms with Gasteiger partial charge < -0.3 is 19.3 Å². The van der Waals surface area contributed by atoms with E-state index in [0.29, 0.717) is 36.8 Å². The minimum atomic E-state index is -0.592. The molecule has 1 aliphatic heterocycles. The van der Waals surface area contributed by atoms with Gasteiger partial charge >= 0.3 is 5.97 Å². The minimum Gasteiger partial charge on any atom is -0.592 e. The van der Waals surface area contributed by atoms with Crippen LogP contribution in [0.25, 0.3) is 16.9 Å². The Morgan fingerprint density at radius 3 is 2.08 bits per heavy atom. The van der Waals surface area contributed by atoms with Crippen molar-refractivity contribution in [1.29, 1.82) is 0 Å². The number of esters is 1. The minimum absolute atomic E-state index is 0.0872. The van der Waals surface area contributed by atoms with Gasteiger partial charge in [-0.1, -0.05) is 77.9 Å². The lowest BCUT2D eigenvalue weighted by atomic mass is 10.0. The molecule has 7 nitrogen and oxygen atoms in total. The Hall–Kier alpha value is -2.58. The number of ether oxygens (including phenoxy) is 3. The number of hydrogen-bond donors (Lipinski definition) is 0. The van der Waals surface area contributed by atoms with Gasteiger partial charge in [0.05, 0.1) is 25.2 Å². The molecule has 1 saturated heterocycles. The molecule has 1 aliphatic rings. The van der Waals surface area contributed by atoms with Crippen molar-refractivity contribution in [1.82, 2.24) is 4.90 Å². The van der Waals surface area contributed by atoms with Gasteiger partial charge in [0.25, 0.3) is 5.75 Å². The number of benzene rings is 2. The highest BCUT2D eigenvalue weighted by atomic mass is 35.5. The molecule has 0 unspecified atom stereocenters. The third kappa shape index (κ3) is 15.9. The van der Waals surface area contributed by atoms with E-state index in [2.05, 4.69) is 16.5 Å². The second kappa shape index (κ2) is 26.6. The Kier molecular flexibility index (Phi) is 26.3. The lowest BCUT2D eigenvalue weighted by molar-refractivity contribution is -0.152. The van der Waals surface area contributed by atoms with Gasteiger partial charge in [-0.2, -0.15) is 0 Å². The van der Waals surface area contributed by atoms with Crippen LogP contribution in [0.3, 0.4) is 0 Å². The van der Waals surface area contributed by atoms with E-state index in [1.807, 2.05) is 96.1 Å². The molecule has 0 radical (unpaired) electrons. The fraction of sp³-hybridized carbons (Fsp3) is 0.484. The standard InChI is InChI=1S/C24H26ClNO6.3C2H6.CH3Cl/c25-22(27)9-10-23(28)32-17-31-21(11-12-26-13-15-30-16-14-26)20-8-4-7-19(24(20)29)18-5-2-1-3-6-18;4*1-2/h1-8,11,29H,9-10,12-17H2;3*1-2H3;1H3/p+1/b21-11+;;;;. The van der Waals surface area contributed by atoms with E-state index in [-0.39, 0.29) is 19.6 Å². The van der Waals surface area contributed by atoms with E-state index >= 15 is 0 Å². The van der Waals surface area contributed by atoms with Crippen LogP contribution in [0.5, 0.6) is 5.75 Å². The second-order valence-electron chi connectivity index (χ2n) is 7.21. The van der Waals surface area contributed by atoms with Crippen LogP contribution >= 0.6 is 23.2 Å². The molecule has 2 N–H and O–H groups in total. The lowest BCUT2D eigenvalue weighted by Gasteiger charge is -2.25. The molecule has 226 valence electrons. The molecule has 0 spiro atoms. The Bertz CT molecular complexity index is 948. The predicted molar refractivity (Wildman–Crippen MR) is 168 cm³/mol. The van der Waals surface area contributed by atoms with Crippen LogP contribution in [0.4, 0.5) is 0 Å². The van der Waals surface area contributed by atoms with Gasteiger partial charge in [0.15, 0.2) is 0 Å². The predicted octanol–water partition coefficient (Wildman–Crippen LogP) is 7.46. The lowest BCUT2D eigenvalue weighted by Crippen LogP contribution is -2.36. The van der Waals surface area contributed by atoms with Gasteiger partial charge in [0, 0.05) is 32.4 Å². The van der Waals surface area contributed by atoms with Crippen molar-refractivity contribution in [3.8, 4) is 16.9 Å². The molecule has 9 heteroatoms. The summed E-state index contributed by atoms with van der Waals surface area (Å²) in [5, 5.41) is 8.16. The van der Waals surface area contributed by atoms with Crippen molar-refractivity contribution >= 4 is 40.2 Å². The SMILES string of the molecule is CC.CC.CC.CCl.O=C(Cl)CCC(=O)OCO/C(=C/CN1CCOCC1)c1cccc(-c2ccccc2)c1[OH2+]. The Labute approximate surface area is 251 Å². The van der Waals surface area contributed by atoms with E-state index in [0.717, 1.165) is 24.2 Å². The Balaban J connectivity index is 0. The average molecular weight is 602 g/mol. The van der Waals surface area contributed by atoms with Crippen molar-refractivity contribution in [3.05, 3.63) is 60.2 Å². The number of hydrogen-bond acceptors (Lipinski definition) is 6. The van der Waals surface area contributed by atoms with Crippen molar-refractivity contribution in [2.45, 2.75) is 54.4 Å². The first-order valence-corrected chi connectivity index (χ1v) is 14.9. The zero-order valence-electron chi connectivity index (χ0n) is 25.1. The van der Waals surface area contributed by atoms with Gasteiger partial charge in [0.1, 0.15) is 11.3 Å². The summed E-state index contributed by atoms with van der Waals surface area (Å²) in [6.45, 7) is 15.3. The number of para-hydroxylation sites is 1. The number of rotatable bonds is 10. The molecule has 40 heavy (non-hydrogen) atoms. The van der Waals surface area contributed by atoms with E-state index < -0.39 is 11.2 Å². The second-order valence-corrected chi connectivity index (χ2v) is 7.63. The smallest absolute Gasteiger partial charge is 0.309 e. The van der Waals surface area contributed by atoms with Crippen LogP contribution in [-0.4, -0.2) is 67.2 Å². The van der Waals surface area contributed by atoms with Crippen molar-refractivity contribution < 1.29 is 28.9 Å². The molecule has 0 aromatic heterocycles. The molecule has 0 atom stereocenters. The summed E-state index contributed by atoms with van der Waals surface area (Å²) in [5.74, 6) is 0.210. The van der Waals surface area contributed by atoms with Crippen molar-refractivity contribution in [2.75, 3.05) is 46.0 Å². The molecule has 0 aliphatic carbocycles. The number of nitrogens with zero attached hydrogens (tertiary/aromatic N) is 1. The monoisotopic (exact) mass is 600 g/mol. The molecule has 0 bridgehead atoms. The summed E-state index contributed by atoms with van der Waals surface area (Å²) in [6.07, 6.45) is 3.17. The molecule has 0 amide bonds. The molecule has 1 fully saturated rings. The maximum absolute atomic E-state index is 11.8. The van der Waals surface area contributed by atoms with Gasteiger partial charge in [-0.05, 0) is 35.4 Å². The van der Waals surface area contributed by atoms with E-state index in [9.17, 15) is 9.59 Å². The van der Waals surface area contributed by atoms with E-state index in [4.69, 9.17) is 30.9 Å². The summed E-state index contributed by atoms with van der Waals surface area (Å²) < 4.78 is 16.3. The fourth-order valence-electron chi connectivity index (χ4n) is 3.29. The van der Waals surface area contributed by atoms with Gasteiger partial charge in [-0.3, -0.25) is 14.5 Å². The van der Waals surface area contributed by atoms with Crippen LogP contribution in [0.1, 0.15) is 59.9 Å². The highest BCUT2D eigenvalue weighted by molar-refractivity contribution is 6.63. The largest absolute Gasteiger partial charge is 0.592 e. The van der Waals surface area contributed by atoms with Crippen LogP contribution < -0.4 is 0 Å². The maximum Gasteiger partial charge on any atom is 0.309 e. The number of carbonyl (C=O) groups is 2. The van der Waals surface area contributed by atoms with Gasteiger partial charge in [-0.15, -0.1) is 11.6 Å². The first kappa shape index (κ1) is 39.6. The van der Waals surface area contributed by atoms with Crippen LogP contribution in [0.15, 0.2) is 54.6 Å². The first-order valence-electron chi connectivity index (χ1n) is 13.8. The number of morpholine rings is 1.